The van der Waals surface area contributed by atoms with Crippen LogP contribution in [0.25, 0.3) is 11.3 Å². The average Bonchev–Trinajstić information content (AvgIpc) is 3.01. The maximum Gasteiger partial charge on any atom is 0.158 e. The number of nitrogens with zero attached hydrogens (tertiary/aromatic N) is 3. The molecule has 0 amide bonds. The Balaban J connectivity index is 0.00000210. The van der Waals surface area contributed by atoms with E-state index in [-0.39, 0.29) is 24.0 Å². The fourth-order valence-corrected chi connectivity index (χ4v) is 3.77. The molecule has 0 aliphatic carbocycles. The van der Waals surface area contributed by atoms with E-state index in [0.717, 1.165) is 18.2 Å². The zero-order chi connectivity index (χ0) is 18.3. The maximum atomic E-state index is 5.12. The van der Waals surface area contributed by atoms with Gasteiger partial charge >= 0.3 is 0 Å². The first-order chi connectivity index (χ1) is 12.6. The van der Waals surface area contributed by atoms with E-state index in [0.29, 0.717) is 6.04 Å². The summed E-state index contributed by atoms with van der Waals surface area (Å²) in [5, 5.41) is 0. The zero-order valence-corrected chi connectivity index (χ0v) is 18.6. The molecular formula is C23H26IN3. The van der Waals surface area contributed by atoms with Crippen molar-refractivity contribution < 1.29 is 0 Å². The number of fused-ring (bicyclic) bond motifs is 1. The number of halogens is 1. The first-order valence-corrected chi connectivity index (χ1v) is 9.23. The van der Waals surface area contributed by atoms with E-state index in [1.54, 1.807) is 0 Å². The standard InChI is InChI=1S/C23H25N3.HI/c1-16(2)25-15-26(19-11-6-5-7-12-19)23-21(25)14-13-20(24-23)22-17(3)9-8-10-18(22)4;/h5-14,16H,15H2,1-4H3;1H. The van der Waals surface area contributed by atoms with Crippen molar-refractivity contribution in [1.29, 1.82) is 0 Å². The van der Waals surface area contributed by atoms with E-state index in [1.165, 1.54) is 28.1 Å². The molecule has 2 heterocycles. The molecule has 0 N–H and O–H groups in total. The van der Waals surface area contributed by atoms with Crippen LogP contribution in [0.4, 0.5) is 17.2 Å². The van der Waals surface area contributed by atoms with E-state index in [1.807, 2.05) is 0 Å². The van der Waals surface area contributed by atoms with E-state index < -0.39 is 0 Å². The molecule has 4 rings (SSSR count). The van der Waals surface area contributed by atoms with Crippen LogP contribution in [0.5, 0.6) is 0 Å². The number of hydrogen-bond acceptors (Lipinski definition) is 3. The van der Waals surface area contributed by atoms with Crippen molar-refractivity contribution in [3.8, 4) is 11.3 Å². The Morgan fingerprint density at radius 3 is 2.15 bits per heavy atom. The van der Waals surface area contributed by atoms with Crippen LogP contribution in [0.15, 0.2) is 60.7 Å². The van der Waals surface area contributed by atoms with Crippen LogP contribution in [0.1, 0.15) is 25.0 Å². The van der Waals surface area contributed by atoms with Crippen LogP contribution in [-0.4, -0.2) is 17.7 Å². The highest BCUT2D eigenvalue weighted by molar-refractivity contribution is 14.0. The Morgan fingerprint density at radius 2 is 1.52 bits per heavy atom. The van der Waals surface area contributed by atoms with E-state index >= 15 is 0 Å². The number of rotatable bonds is 3. The molecule has 2 aromatic carbocycles. The summed E-state index contributed by atoms with van der Waals surface area (Å²) in [6.07, 6.45) is 0. The van der Waals surface area contributed by atoms with Gasteiger partial charge in [0, 0.05) is 17.3 Å². The fraction of sp³-hybridized carbons (Fsp3) is 0.261. The Bertz CT molecular complexity index is 917. The summed E-state index contributed by atoms with van der Waals surface area (Å²) in [4.78, 5) is 9.84. The Labute approximate surface area is 179 Å². The second kappa shape index (κ2) is 7.89. The van der Waals surface area contributed by atoms with Gasteiger partial charge in [-0.2, -0.15) is 0 Å². The van der Waals surface area contributed by atoms with Crippen LogP contribution in [0, 0.1) is 13.8 Å². The second-order valence-corrected chi connectivity index (χ2v) is 7.27. The summed E-state index contributed by atoms with van der Waals surface area (Å²) >= 11 is 0. The lowest BCUT2D eigenvalue weighted by molar-refractivity contribution is 0.709. The Kier molecular flexibility index (Phi) is 5.75. The van der Waals surface area contributed by atoms with Gasteiger partial charge in [0.1, 0.15) is 0 Å². The van der Waals surface area contributed by atoms with Crippen LogP contribution >= 0.6 is 24.0 Å². The van der Waals surface area contributed by atoms with Gasteiger partial charge in [-0.15, -0.1) is 24.0 Å². The number of pyridine rings is 1. The van der Waals surface area contributed by atoms with Crippen molar-refractivity contribution >= 4 is 41.2 Å². The van der Waals surface area contributed by atoms with Crippen molar-refractivity contribution in [2.45, 2.75) is 33.7 Å². The molecule has 0 radical (unpaired) electrons. The summed E-state index contributed by atoms with van der Waals surface area (Å²) in [5.41, 5.74) is 7.21. The minimum atomic E-state index is 0. The summed E-state index contributed by atoms with van der Waals surface area (Å²) in [6.45, 7) is 9.62. The lowest BCUT2D eigenvalue weighted by atomic mass is 9.99. The van der Waals surface area contributed by atoms with Crippen LogP contribution in [0.2, 0.25) is 0 Å². The predicted octanol–water partition coefficient (Wildman–Crippen LogP) is 6.31. The third kappa shape index (κ3) is 3.55. The third-order valence-corrected chi connectivity index (χ3v) is 5.14. The summed E-state index contributed by atoms with van der Waals surface area (Å²) in [5.74, 6) is 1.05. The number of para-hydroxylation sites is 1. The molecule has 0 fully saturated rings. The number of aryl methyl sites for hydroxylation is 2. The van der Waals surface area contributed by atoms with Gasteiger partial charge in [-0.25, -0.2) is 4.98 Å². The quantitative estimate of drug-likeness (QED) is 0.418. The molecule has 0 saturated carbocycles. The van der Waals surface area contributed by atoms with E-state index in [2.05, 4.69) is 98.2 Å². The molecule has 3 aromatic rings. The van der Waals surface area contributed by atoms with Crippen molar-refractivity contribution in [3.05, 3.63) is 71.8 Å². The molecular weight excluding hydrogens is 445 g/mol. The molecule has 0 bridgehead atoms. The third-order valence-electron chi connectivity index (χ3n) is 5.14. The SMILES string of the molecule is Cc1cccc(C)c1-c1ccc2c(n1)N(c1ccccc1)CN2C(C)C.I. The fourth-order valence-electron chi connectivity index (χ4n) is 3.77. The second-order valence-electron chi connectivity index (χ2n) is 7.27. The summed E-state index contributed by atoms with van der Waals surface area (Å²) in [6, 6.07) is 21.8. The zero-order valence-electron chi connectivity index (χ0n) is 16.3. The minimum absolute atomic E-state index is 0. The maximum absolute atomic E-state index is 5.12. The molecule has 4 heteroatoms. The molecule has 27 heavy (non-hydrogen) atoms. The lowest BCUT2D eigenvalue weighted by Gasteiger charge is -2.24. The van der Waals surface area contributed by atoms with Gasteiger partial charge in [0.25, 0.3) is 0 Å². The smallest absolute Gasteiger partial charge is 0.158 e. The van der Waals surface area contributed by atoms with Crippen molar-refractivity contribution in [2.24, 2.45) is 0 Å². The van der Waals surface area contributed by atoms with Crippen molar-refractivity contribution in [2.75, 3.05) is 16.5 Å². The first-order valence-electron chi connectivity index (χ1n) is 9.23. The highest BCUT2D eigenvalue weighted by Gasteiger charge is 2.30. The molecule has 0 spiro atoms. The van der Waals surface area contributed by atoms with Gasteiger partial charge in [0.15, 0.2) is 5.82 Å². The van der Waals surface area contributed by atoms with E-state index in [9.17, 15) is 0 Å². The van der Waals surface area contributed by atoms with Gasteiger partial charge in [0.2, 0.25) is 0 Å². The molecule has 1 aliphatic heterocycles. The predicted molar refractivity (Wildman–Crippen MR) is 126 cm³/mol. The number of hydrogen-bond donors (Lipinski definition) is 0. The van der Waals surface area contributed by atoms with Gasteiger partial charge in [-0.1, -0.05) is 36.4 Å². The number of anilines is 3. The lowest BCUT2D eigenvalue weighted by Crippen LogP contribution is -2.33. The van der Waals surface area contributed by atoms with Crippen molar-refractivity contribution in [1.82, 2.24) is 4.98 Å². The largest absolute Gasteiger partial charge is 0.348 e. The normalized spacial score (nSPS) is 12.9. The molecule has 1 aromatic heterocycles. The molecule has 0 unspecified atom stereocenters. The van der Waals surface area contributed by atoms with Gasteiger partial charge in [0.05, 0.1) is 18.1 Å². The molecule has 0 saturated heterocycles. The van der Waals surface area contributed by atoms with E-state index in [4.69, 9.17) is 4.98 Å². The first kappa shape index (κ1) is 19.7. The van der Waals surface area contributed by atoms with Crippen LogP contribution in [0.3, 0.4) is 0 Å². The minimum Gasteiger partial charge on any atom is -0.348 e. The molecule has 140 valence electrons. The van der Waals surface area contributed by atoms with Gasteiger partial charge in [-0.3, -0.25) is 0 Å². The van der Waals surface area contributed by atoms with Crippen LogP contribution < -0.4 is 9.80 Å². The Morgan fingerprint density at radius 1 is 0.852 bits per heavy atom. The van der Waals surface area contributed by atoms with Crippen LogP contribution in [-0.2, 0) is 0 Å². The monoisotopic (exact) mass is 471 g/mol. The van der Waals surface area contributed by atoms with Gasteiger partial charge < -0.3 is 9.80 Å². The highest BCUT2D eigenvalue weighted by Crippen LogP contribution is 2.41. The molecule has 0 atom stereocenters. The molecule has 1 aliphatic rings. The molecule has 3 nitrogen and oxygen atoms in total. The highest BCUT2D eigenvalue weighted by atomic mass is 127. The Hall–Kier alpha value is -2.08. The number of aromatic nitrogens is 1. The topological polar surface area (TPSA) is 19.4 Å². The number of benzene rings is 2. The summed E-state index contributed by atoms with van der Waals surface area (Å²) in [7, 11) is 0. The van der Waals surface area contributed by atoms with Crippen molar-refractivity contribution in [3.63, 3.8) is 0 Å². The van der Waals surface area contributed by atoms with Gasteiger partial charge in [-0.05, 0) is 63.1 Å². The average molecular weight is 471 g/mol. The summed E-state index contributed by atoms with van der Waals surface area (Å²) < 4.78 is 0.